The number of aryl methyl sites for hydroxylation is 1. The molecule has 0 amide bonds. The maximum atomic E-state index is 12.2. The van der Waals surface area contributed by atoms with Gasteiger partial charge in [0, 0.05) is 23.5 Å². The summed E-state index contributed by atoms with van der Waals surface area (Å²) in [6.45, 7) is 0. The van der Waals surface area contributed by atoms with Gasteiger partial charge in [0.2, 0.25) is 0 Å². The number of hydrogen-bond donors (Lipinski definition) is 0. The summed E-state index contributed by atoms with van der Waals surface area (Å²) in [6.07, 6.45) is 0.109. The Kier molecular flexibility index (Phi) is 4.04. The van der Waals surface area contributed by atoms with Crippen molar-refractivity contribution in [3.8, 4) is 0 Å². The Hall–Kier alpha value is -0.910. The third kappa shape index (κ3) is 2.58. The number of ketones is 1. The van der Waals surface area contributed by atoms with Crippen LogP contribution in [-0.2, 0) is 13.5 Å². The first-order valence-corrected chi connectivity index (χ1v) is 6.57. The number of nitrogens with zero attached hydrogens (tertiary/aromatic N) is 3. The van der Waals surface area contributed by atoms with Crippen LogP contribution in [0.2, 0.25) is 10.0 Å². The van der Waals surface area contributed by atoms with Crippen LogP contribution in [0.1, 0.15) is 16.1 Å². The van der Waals surface area contributed by atoms with Crippen LogP contribution in [0.25, 0.3) is 0 Å². The molecule has 1 heterocycles. The minimum Gasteiger partial charge on any atom is -0.292 e. The van der Waals surface area contributed by atoms with E-state index < -0.39 is 0 Å². The zero-order chi connectivity index (χ0) is 13.3. The molecular weight excluding hydrogens is 341 g/mol. The summed E-state index contributed by atoms with van der Waals surface area (Å²) in [5.41, 5.74) is 1.00. The smallest absolute Gasteiger partial charge is 0.188 e. The first-order valence-electron chi connectivity index (χ1n) is 5.02. The lowest BCUT2D eigenvalue weighted by Gasteiger charge is -2.06. The molecule has 0 aliphatic carbocycles. The predicted octanol–water partition coefficient (Wildman–Crippen LogP) is 3.31. The van der Waals surface area contributed by atoms with Crippen LogP contribution in [0.4, 0.5) is 0 Å². The molecule has 7 heteroatoms. The van der Waals surface area contributed by atoms with Crippen molar-refractivity contribution in [1.82, 2.24) is 15.0 Å². The molecule has 1 aromatic carbocycles. The number of benzene rings is 1. The van der Waals surface area contributed by atoms with Gasteiger partial charge in [-0.2, -0.15) is 0 Å². The van der Waals surface area contributed by atoms with Gasteiger partial charge in [-0.05, 0) is 33.6 Å². The molecule has 0 radical (unpaired) electrons. The van der Waals surface area contributed by atoms with Gasteiger partial charge >= 0.3 is 0 Å². The largest absolute Gasteiger partial charge is 0.292 e. The molecule has 0 unspecified atom stereocenters. The Morgan fingerprint density at radius 2 is 2.00 bits per heavy atom. The Bertz CT molecular complexity index is 573. The second-order valence-electron chi connectivity index (χ2n) is 3.65. The van der Waals surface area contributed by atoms with Crippen molar-refractivity contribution in [3.63, 3.8) is 0 Å². The number of carbonyl (C=O) groups excluding carboxylic acids is 1. The second-order valence-corrected chi connectivity index (χ2v) is 5.22. The molecular formula is C11H8BrCl2N3O. The Morgan fingerprint density at radius 3 is 2.50 bits per heavy atom. The summed E-state index contributed by atoms with van der Waals surface area (Å²) in [7, 11) is 1.65. The molecule has 0 aliphatic heterocycles. The predicted molar refractivity (Wildman–Crippen MR) is 73.2 cm³/mol. The van der Waals surface area contributed by atoms with Crippen LogP contribution in [0.15, 0.2) is 22.8 Å². The molecule has 2 aromatic rings. The van der Waals surface area contributed by atoms with Crippen molar-refractivity contribution < 1.29 is 4.79 Å². The minimum absolute atomic E-state index is 0.109. The summed E-state index contributed by atoms with van der Waals surface area (Å²) in [6, 6.07) is 5.14. The molecule has 18 heavy (non-hydrogen) atoms. The van der Waals surface area contributed by atoms with Crippen molar-refractivity contribution in [2.75, 3.05) is 0 Å². The SMILES string of the molecule is Cn1nnc(Br)c1C(=O)Cc1c(Cl)cccc1Cl. The van der Waals surface area contributed by atoms with E-state index in [1.807, 2.05) is 0 Å². The summed E-state index contributed by atoms with van der Waals surface area (Å²) >= 11 is 15.2. The number of Topliss-reactive ketones (excluding diaryl/α,β-unsaturated/α-hetero) is 1. The van der Waals surface area contributed by atoms with E-state index in [1.165, 1.54) is 4.68 Å². The van der Waals surface area contributed by atoms with Gasteiger partial charge in [-0.3, -0.25) is 4.79 Å². The van der Waals surface area contributed by atoms with Crippen molar-refractivity contribution in [3.05, 3.63) is 44.1 Å². The van der Waals surface area contributed by atoms with E-state index in [1.54, 1.807) is 25.2 Å². The second kappa shape index (κ2) is 5.38. The molecule has 4 nitrogen and oxygen atoms in total. The third-order valence-electron chi connectivity index (χ3n) is 2.45. The quantitative estimate of drug-likeness (QED) is 0.799. The summed E-state index contributed by atoms with van der Waals surface area (Å²) < 4.78 is 1.83. The van der Waals surface area contributed by atoms with Crippen LogP contribution in [0.3, 0.4) is 0 Å². The van der Waals surface area contributed by atoms with Gasteiger partial charge in [0.1, 0.15) is 5.69 Å². The van der Waals surface area contributed by atoms with Crippen LogP contribution < -0.4 is 0 Å². The molecule has 0 bridgehead atoms. The zero-order valence-electron chi connectivity index (χ0n) is 9.32. The first-order chi connectivity index (χ1) is 8.50. The van der Waals surface area contributed by atoms with Gasteiger partial charge in [0.15, 0.2) is 10.4 Å². The normalized spacial score (nSPS) is 10.7. The fourth-order valence-corrected chi connectivity index (χ4v) is 2.65. The Balaban J connectivity index is 2.33. The third-order valence-corrected chi connectivity index (χ3v) is 3.69. The summed E-state index contributed by atoms with van der Waals surface area (Å²) in [4.78, 5) is 12.2. The molecule has 0 saturated carbocycles. The molecule has 0 aliphatic rings. The highest BCUT2D eigenvalue weighted by Crippen LogP contribution is 2.26. The molecule has 0 N–H and O–H groups in total. The fourth-order valence-electron chi connectivity index (χ4n) is 1.57. The number of aromatic nitrogens is 3. The van der Waals surface area contributed by atoms with E-state index >= 15 is 0 Å². The molecule has 1 aromatic heterocycles. The molecule has 0 saturated heterocycles. The highest BCUT2D eigenvalue weighted by molar-refractivity contribution is 9.10. The highest BCUT2D eigenvalue weighted by Gasteiger charge is 2.19. The zero-order valence-corrected chi connectivity index (χ0v) is 12.4. The standard InChI is InChI=1S/C11H8BrCl2N3O/c1-17-10(11(12)15-16-17)9(18)5-6-7(13)3-2-4-8(6)14/h2-4H,5H2,1H3. The molecule has 0 spiro atoms. The van der Waals surface area contributed by atoms with E-state index in [-0.39, 0.29) is 12.2 Å². The average Bonchev–Trinajstić information content (AvgIpc) is 2.64. The first kappa shape index (κ1) is 13.5. The van der Waals surface area contributed by atoms with E-state index in [0.717, 1.165) is 0 Å². The molecule has 0 atom stereocenters. The number of carbonyl (C=O) groups is 1. The maximum absolute atomic E-state index is 12.2. The Morgan fingerprint density at radius 1 is 1.39 bits per heavy atom. The monoisotopic (exact) mass is 347 g/mol. The maximum Gasteiger partial charge on any atom is 0.188 e. The topological polar surface area (TPSA) is 47.8 Å². The number of hydrogen-bond acceptors (Lipinski definition) is 3. The van der Waals surface area contributed by atoms with E-state index in [9.17, 15) is 4.79 Å². The number of rotatable bonds is 3. The van der Waals surface area contributed by atoms with Gasteiger partial charge in [0.25, 0.3) is 0 Å². The average molecular weight is 349 g/mol. The van der Waals surface area contributed by atoms with Gasteiger partial charge < -0.3 is 0 Å². The molecule has 94 valence electrons. The van der Waals surface area contributed by atoms with Crippen molar-refractivity contribution in [1.29, 1.82) is 0 Å². The van der Waals surface area contributed by atoms with E-state index in [4.69, 9.17) is 23.2 Å². The van der Waals surface area contributed by atoms with Crippen LogP contribution >= 0.6 is 39.1 Å². The highest BCUT2D eigenvalue weighted by atomic mass is 79.9. The van der Waals surface area contributed by atoms with Crippen molar-refractivity contribution in [2.45, 2.75) is 6.42 Å². The summed E-state index contributed by atoms with van der Waals surface area (Å²) in [5, 5.41) is 8.47. The van der Waals surface area contributed by atoms with Crippen LogP contribution in [0.5, 0.6) is 0 Å². The van der Waals surface area contributed by atoms with Gasteiger partial charge in [-0.1, -0.05) is 34.5 Å². The van der Waals surface area contributed by atoms with Crippen molar-refractivity contribution >= 4 is 44.9 Å². The van der Waals surface area contributed by atoms with Crippen molar-refractivity contribution in [2.24, 2.45) is 7.05 Å². The summed E-state index contributed by atoms with van der Waals surface area (Å²) in [5.74, 6) is -0.149. The van der Waals surface area contributed by atoms with Crippen LogP contribution in [-0.4, -0.2) is 20.8 Å². The minimum atomic E-state index is -0.149. The molecule has 0 fully saturated rings. The van der Waals surface area contributed by atoms with Gasteiger partial charge in [-0.25, -0.2) is 4.68 Å². The lowest BCUT2D eigenvalue weighted by molar-refractivity contribution is 0.0983. The van der Waals surface area contributed by atoms with Crippen LogP contribution in [0, 0.1) is 0 Å². The van der Waals surface area contributed by atoms with E-state index in [0.29, 0.717) is 25.9 Å². The Labute approximate surface area is 122 Å². The number of halogens is 3. The lowest BCUT2D eigenvalue weighted by Crippen LogP contribution is -2.11. The van der Waals surface area contributed by atoms with E-state index in [2.05, 4.69) is 26.2 Å². The molecule has 2 rings (SSSR count). The lowest BCUT2D eigenvalue weighted by atomic mass is 10.1. The van der Waals surface area contributed by atoms with Gasteiger partial charge in [-0.15, -0.1) is 5.10 Å². The fraction of sp³-hybridized carbons (Fsp3) is 0.182. The van der Waals surface area contributed by atoms with Gasteiger partial charge in [0.05, 0.1) is 0 Å².